The molecule has 0 aliphatic carbocycles. The average molecular weight is 221 g/mol. The number of aryl methyl sites for hydroxylation is 2. The molecule has 0 fully saturated rings. The maximum atomic E-state index is 5.44. The summed E-state index contributed by atoms with van der Waals surface area (Å²) in [6.45, 7) is 8.53. The van der Waals surface area contributed by atoms with Crippen molar-refractivity contribution in [3.8, 4) is 5.75 Å². The van der Waals surface area contributed by atoms with E-state index in [0.717, 1.165) is 31.7 Å². The molecule has 0 unspecified atom stereocenters. The van der Waals surface area contributed by atoms with E-state index in [0.29, 0.717) is 0 Å². The number of hydrogen-bond donors (Lipinski definition) is 1. The summed E-state index contributed by atoms with van der Waals surface area (Å²) in [4.78, 5) is 0. The lowest BCUT2D eigenvalue weighted by Crippen LogP contribution is -2.14. The third kappa shape index (κ3) is 3.53. The molecule has 0 aromatic heterocycles. The summed E-state index contributed by atoms with van der Waals surface area (Å²) in [6.07, 6.45) is 2.25. The van der Waals surface area contributed by atoms with Gasteiger partial charge in [-0.15, -0.1) is 0 Å². The number of hydrogen-bond acceptors (Lipinski definition) is 2. The third-order valence-corrected chi connectivity index (χ3v) is 2.83. The van der Waals surface area contributed by atoms with Crippen LogP contribution in [0.4, 0.5) is 0 Å². The van der Waals surface area contributed by atoms with Crippen molar-refractivity contribution in [3.05, 3.63) is 28.8 Å². The Morgan fingerprint density at radius 1 is 1.25 bits per heavy atom. The molecule has 1 N–H and O–H groups in total. The van der Waals surface area contributed by atoms with E-state index >= 15 is 0 Å². The Morgan fingerprint density at radius 2 is 2.00 bits per heavy atom. The molecule has 0 bridgehead atoms. The van der Waals surface area contributed by atoms with Gasteiger partial charge in [0.1, 0.15) is 5.75 Å². The summed E-state index contributed by atoms with van der Waals surface area (Å²) in [5.74, 6) is 1.04. The van der Waals surface area contributed by atoms with Gasteiger partial charge in [0.2, 0.25) is 0 Å². The minimum atomic E-state index is 1.04. The van der Waals surface area contributed by atoms with Crippen LogP contribution in [0.1, 0.15) is 30.0 Å². The van der Waals surface area contributed by atoms with E-state index in [-0.39, 0.29) is 0 Å². The van der Waals surface area contributed by atoms with Crippen molar-refractivity contribution in [2.45, 2.75) is 33.6 Å². The van der Waals surface area contributed by atoms with Crippen molar-refractivity contribution < 1.29 is 4.74 Å². The third-order valence-electron chi connectivity index (χ3n) is 2.83. The number of nitrogens with one attached hydrogen (secondary N) is 1. The van der Waals surface area contributed by atoms with Crippen molar-refractivity contribution in [3.63, 3.8) is 0 Å². The summed E-state index contributed by atoms with van der Waals surface area (Å²) in [5.41, 5.74) is 3.96. The monoisotopic (exact) mass is 221 g/mol. The van der Waals surface area contributed by atoms with E-state index in [1.165, 1.54) is 16.7 Å². The van der Waals surface area contributed by atoms with Gasteiger partial charge in [0.15, 0.2) is 0 Å². The van der Waals surface area contributed by atoms with Gasteiger partial charge in [-0.25, -0.2) is 0 Å². The number of methoxy groups -OCH3 is 1. The molecule has 0 heterocycles. The van der Waals surface area contributed by atoms with E-state index in [1.807, 2.05) is 0 Å². The molecule has 0 amide bonds. The molecule has 2 nitrogen and oxygen atoms in total. The van der Waals surface area contributed by atoms with Crippen molar-refractivity contribution in [2.75, 3.05) is 20.2 Å². The second-order valence-electron chi connectivity index (χ2n) is 4.22. The van der Waals surface area contributed by atoms with Gasteiger partial charge in [-0.3, -0.25) is 0 Å². The Labute approximate surface area is 99.0 Å². The SMILES string of the molecule is CCNCCCc1c(C)cc(C)cc1OC. The lowest BCUT2D eigenvalue weighted by atomic mass is 10.00. The number of ether oxygens (including phenoxy) is 1. The standard InChI is InChI=1S/C14H23NO/c1-5-15-8-6-7-13-12(3)9-11(2)10-14(13)16-4/h9-10,15H,5-8H2,1-4H3. The van der Waals surface area contributed by atoms with Crippen molar-refractivity contribution in [1.29, 1.82) is 0 Å². The lowest BCUT2D eigenvalue weighted by Gasteiger charge is -2.13. The van der Waals surface area contributed by atoms with E-state index in [2.05, 4.69) is 38.2 Å². The second-order valence-corrected chi connectivity index (χ2v) is 4.22. The summed E-state index contributed by atoms with van der Waals surface area (Å²) in [6, 6.07) is 4.35. The van der Waals surface area contributed by atoms with Gasteiger partial charge in [0, 0.05) is 0 Å². The number of rotatable bonds is 6. The van der Waals surface area contributed by atoms with Gasteiger partial charge >= 0.3 is 0 Å². The first-order chi connectivity index (χ1) is 7.69. The molecule has 1 rings (SSSR count). The highest BCUT2D eigenvalue weighted by Gasteiger charge is 2.06. The van der Waals surface area contributed by atoms with Gasteiger partial charge in [-0.2, -0.15) is 0 Å². The highest BCUT2D eigenvalue weighted by Crippen LogP contribution is 2.25. The van der Waals surface area contributed by atoms with Gasteiger partial charge in [0.25, 0.3) is 0 Å². The van der Waals surface area contributed by atoms with Crippen LogP contribution in [0.5, 0.6) is 5.75 Å². The van der Waals surface area contributed by atoms with Crippen LogP contribution in [0.3, 0.4) is 0 Å². The maximum Gasteiger partial charge on any atom is 0.122 e. The maximum absolute atomic E-state index is 5.44. The molecule has 1 aromatic carbocycles. The van der Waals surface area contributed by atoms with E-state index < -0.39 is 0 Å². The Hall–Kier alpha value is -1.02. The molecule has 2 heteroatoms. The molecule has 1 aromatic rings. The molecule has 0 aliphatic heterocycles. The predicted octanol–water partition coefficient (Wildman–Crippen LogP) is 2.85. The summed E-state index contributed by atoms with van der Waals surface area (Å²) in [5, 5.41) is 3.35. The van der Waals surface area contributed by atoms with Gasteiger partial charge in [-0.05, 0) is 62.5 Å². The molecule has 0 aliphatic rings. The fraction of sp³-hybridized carbons (Fsp3) is 0.571. The quantitative estimate of drug-likeness (QED) is 0.746. The molecule has 0 saturated heterocycles. The molecule has 16 heavy (non-hydrogen) atoms. The first kappa shape index (κ1) is 13.0. The van der Waals surface area contributed by atoms with E-state index in [1.54, 1.807) is 7.11 Å². The molecule has 0 radical (unpaired) electrons. The Morgan fingerprint density at radius 3 is 2.62 bits per heavy atom. The zero-order chi connectivity index (χ0) is 12.0. The van der Waals surface area contributed by atoms with Crippen LogP contribution >= 0.6 is 0 Å². The van der Waals surface area contributed by atoms with Crippen LogP contribution in [0, 0.1) is 13.8 Å². The molecular weight excluding hydrogens is 198 g/mol. The van der Waals surface area contributed by atoms with Crippen LogP contribution in [-0.4, -0.2) is 20.2 Å². The second kappa shape index (κ2) is 6.54. The Bertz CT molecular complexity index is 334. The highest BCUT2D eigenvalue weighted by atomic mass is 16.5. The molecule has 90 valence electrons. The van der Waals surface area contributed by atoms with Gasteiger partial charge in [0.05, 0.1) is 7.11 Å². The van der Waals surface area contributed by atoms with Crippen molar-refractivity contribution in [1.82, 2.24) is 5.32 Å². The Kier molecular flexibility index (Phi) is 5.33. The smallest absolute Gasteiger partial charge is 0.122 e. The largest absolute Gasteiger partial charge is 0.496 e. The molecular formula is C14H23NO. The fourth-order valence-corrected chi connectivity index (χ4v) is 2.03. The fourth-order valence-electron chi connectivity index (χ4n) is 2.03. The average Bonchev–Trinajstić information content (AvgIpc) is 2.26. The number of benzene rings is 1. The van der Waals surface area contributed by atoms with Crippen LogP contribution in [0.15, 0.2) is 12.1 Å². The molecule has 0 spiro atoms. The molecule has 0 atom stereocenters. The lowest BCUT2D eigenvalue weighted by molar-refractivity contribution is 0.408. The Balaban J connectivity index is 2.70. The van der Waals surface area contributed by atoms with Crippen LogP contribution in [-0.2, 0) is 6.42 Å². The first-order valence-corrected chi connectivity index (χ1v) is 6.03. The van der Waals surface area contributed by atoms with Gasteiger partial charge in [-0.1, -0.05) is 13.0 Å². The van der Waals surface area contributed by atoms with Crippen LogP contribution < -0.4 is 10.1 Å². The highest BCUT2D eigenvalue weighted by molar-refractivity contribution is 5.43. The zero-order valence-corrected chi connectivity index (χ0v) is 10.9. The van der Waals surface area contributed by atoms with Crippen LogP contribution in [0.25, 0.3) is 0 Å². The summed E-state index contributed by atoms with van der Waals surface area (Å²) < 4.78 is 5.44. The summed E-state index contributed by atoms with van der Waals surface area (Å²) >= 11 is 0. The normalized spacial score (nSPS) is 10.5. The van der Waals surface area contributed by atoms with Crippen molar-refractivity contribution >= 4 is 0 Å². The predicted molar refractivity (Wildman–Crippen MR) is 69.3 cm³/mol. The molecule has 0 saturated carbocycles. The van der Waals surface area contributed by atoms with E-state index in [9.17, 15) is 0 Å². The van der Waals surface area contributed by atoms with E-state index in [4.69, 9.17) is 4.74 Å². The van der Waals surface area contributed by atoms with Crippen molar-refractivity contribution in [2.24, 2.45) is 0 Å². The minimum absolute atomic E-state index is 1.04. The minimum Gasteiger partial charge on any atom is -0.496 e. The van der Waals surface area contributed by atoms with Gasteiger partial charge < -0.3 is 10.1 Å². The van der Waals surface area contributed by atoms with Crippen LogP contribution in [0.2, 0.25) is 0 Å². The topological polar surface area (TPSA) is 21.3 Å². The zero-order valence-electron chi connectivity index (χ0n) is 10.9. The first-order valence-electron chi connectivity index (χ1n) is 6.03. The summed E-state index contributed by atoms with van der Waals surface area (Å²) in [7, 11) is 1.75.